The van der Waals surface area contributed by atoms with Crippen LogP contribution in [0.25, 0.3) is 0 Å². The third kappa shape index (κ3) is 1.48. The number of hydrogen-bond acceptors (Lipinski definition) is 3. The van der Waals surface area contributed by atoms with E-state index in [9.17, 15) is 0 Å². The summed E-state index contributed by atoms with van der Waals surface area (Å²) in [5, 5.41) is 0. The van der Waals surface area contributed by atoms with E-state index in [0.29, 0.717) is 5.92 Å². The molecule has 1 aliphatic heterocycles. The van der Waals surface area contributed by atoms with Crippen molar-refractivity contribution in [1.82, 2.24) is 4.90 Å². The average Bonchev–Trinajstić information content (AvgIpc) is 1.87. The zero-order valence-electron chi connectivity index (χ0n) is 6.83. The molecule has 0 radical (unpaired) electrons. The minimum absolute atomic E-state index is 0.00352. The molecule has 3 heteroatoms. The van der Waals surface area contributed by atoms with Gasteiger partial charge in [0.05, 0.1) is 0 Å². The summed E-state index contributed by atoms with van der Waals surface area (Å²) in [4.78, 5) is 2.25. The first kappa shape index (κ1) is 7.98. The van der Waals surface area contributed by atoms with Crippen LogP contribution in [0.3, 0.4) is 0 Å². The maximum Gasteiger partial charge on any atom is 0.162 e. The summed E-state index contributed by atoms with van der Waals surface area (Å²) in [6, 6.07) is 0. The van der Waals surface area contributed by atoms with Gasteiger partial charge in [0, 0.05) is 33.2 Å². The molecule has 0 bridgehead atoms. The normalized spacial score (nSPS) is 21.6. The number of ether oxygens (including phenoxy) is 2. The van der Waals surface area contributed by atoms with Gasteiger partial charge in [0.15, 0.2) is 6.29 Å². The number of hydrogen-bond donors (Lipinski definition) is 0. The lowest BCUT2D eigenvalue weighted by Gasteiger charge is -2.39. The SMILES string of the molecule is COC(OC)C1CN(C)C1. The van der Waals surface area contributed by atoms with E-state index in [0.717, 1.165) is 13.1 Å². The Labute approximate surface area is 61.9 Å². The smallest absolute Gasteiger partial charge is 0.162 e. The van der Waals surface area contributed by atoms with E-state index in [1.165, 1.54) is 0 Å². The molecule has 0 aliphatic carbocycles. The van der Waals surface area contributed by atoms with Crippen LogP contribution in [0.15, 0.2) is 0 Å². The highest BCUT2D eigenvalue weighted by Crippen LogP contribution is 2.19. The predicted molar refractivity (Wildman–Crippen MR) is 38.8 cm³/mol. The second kappa shape index (κ2) is 3.32. The topological polar surface area (TPSA) is 21.7 Å². The first-order valence-electron chi connectivity index (χ1n) is 3.52. The Morgan fingerprint density at radius 3 is 2.10 bits per heavy atom. The summed E-state index contributed by atoms with van der Waals surface area (Å²) in [6.45, 7) is 2.18. The van der Waals surface area contributed by atoms with E-state index < -0.39 is 0 Å². The molecule has 1 fully saturated rings. The van der Waals surface area contributed by atoms with Crippen LogP contribution < -0.4 is 0 Å². The van der Waals surface area contributed by atoms with Gasteiger partial charge in [-0.3, -0.25) is 0 Å². The second-order valence-electron chi connectivity index (χ2n) is 2.82. The molecule has 10 heavy (non-hydrogen) atoms. The van der Waals surface area contributed by atoms with Gasteiger partial charge in [-0.25, -0.2) is 0 Å². The Morgan fingerprint density at radius 2 is 1.80 bits per heavy atom. The van der Waals surface area contributed by atoms with Crippen LogP contribution in [0.5, 0.6) is 0 Å². The molecule has 0 N–H and O–H groups in total. The fraction of sp³-hybridized carbons (Fsp3) is 1.00. The van der Waals surface area contributed by atoms with Crippen LogP contribution in [0.1, 0.15) is 0 Å². The Bertz CT molecular complexity index is 97.8. The molecule has 1 aliphatic rings. The maximum absolute atomic E-state index is 5.10. The summed E-state index contributed by atoms with van der Waals surface area (Å²) in [5.41, 5.74) is 0. The van der Waals surface area contributed by atoms with Gasteiger partial charge in [0.25, 0.3) is 0 Å². The highest BCUT2D eigenvalue weighted by Gasteiger charge is 2.31. The summed E-state index contributed by atoms with van der Waals surface area (Å²) >= 11 is 0. The van der Waals surface area contributed by atoms with E-state index >= 15 is 0 Å². The molecule has 60 valence electrons. The Hall–Kier alpha value is -0.120. The quantitative estimate of drug-likeness (QED) is 0.528. The molecule has 1 heterocycles. The van der Waals surface area contributed by atoms with E-state index in [1.807, 2.05) is 0 Å². The minimum Gasteiger partial charge on any atom is -0.356 e. The summed E-state index contributed by atoms with van der Waals surface area (Å²) < 4.78 is 10.2. The first-order valence-corrected chi connectivity index (χ1v) is 3.52. The van der Waals surface area contributed by atoms with Crippen LogP contribution in [-0.2, 0) is 9.47 Å². The molecule has 1 rings (SSSR count). The lowest BCUT2D eigenvalue weighted by atomic mass is 10.0. The van der Waals surface area contributed by atoms with Gasteiger partial charge < -0.3 is 14.4 Å². The zero-order valence-corrected chi connectivity index (χ0v) is 6.83. The van der Waals surface area contributed by atoms with Crippen molar-refractivity contribution < 1.29 is 9.47 Å². The second-order valence-corrected chi connectivity index (χ2v) is 2.82. The van der Waals surface area contributed by atoms with Crippen LogP contribution in [0.2, 0.25) is 0 Å². The van der Waals surface area contributed by atoms with Gasteiger partial charge in [-0.2, -0.15) is 0 Å². The number of nitrogens with zero attached hydrogens (tertiary/aromatic N) is 1. The Balaban J connectivity index is 2.21. The molecular weight excluding hydrogens is 130 g/mol. The lowest BCUT2D eigenvalue weighted by Crippen LogP contribution is -2.50. The average molecular weight is 145 g/mol. The van der Waals surface area contributed by atoms with Crippen molar-refractivity contribution >= 4 is 0 Å². The molecule has 0 spiro atoms. The molecule has 1 saturated heterocycles. The third-order valence-corrected chi connectivity index (χ3v) is 1.94. The van der Waals surface area contributed by atoms with E-state index in [2.05, 4.69) is 11.9 Å². The van der Waals surface area contributed by atoms with Crippen molar-refractivity contribution in [1.29, 1.82) is 0 Å². The van der Waals surface area contributed by atoms with Crippen molar-refractivity contribution in [2.45, 2.75) is 6.29 Å². The molecule has 0 amide bonds. The van der Waals surface area contributed by atoms with Crippen LogP contribution >= 0.6 is 0 Å². The van der Waals surface area contributed by atoms with Gasteiger partial charge in [0.1, 0.15) is 0 Å². The molecule has 0 unspecified atom stereocenters. The highest BCUT2D eigenvalue weighted by atomic mass is 16.7. The zero-order chi connectivity index (χ0) is 7.56. The van der Waals surface area contributed by atoms with Gasteiger partial charge in [-0.05, 0) is 7.05 Å². The molecule has 0 saturated carbocycles. The first-order chi connectivity index (χ1) is 4.77. The molecule has 0 aromatic rings. The van der Waals surface area contributed by atoms with Gasteiger partial charge in [-0.1, -0.05) is 0 Å². The van der Waals surface area contributed by atoms with Crippen LogP contribution in [0, 0.1) is 5.92 Å². The summed E-state index contributed by atoms with van der Waals surface area (Å²) in [5.74, 6) is 0.569. The van der Waals surface area contributed by atoms with Crippen molar-refractivity contribution in [3.05, 3.63) is 0 Å². The third-order valence-electron chi connectivity index (χ3n) is 1.94. The van der Waals surface area contributed by atoms with Gasteiger partial charge in [0.2, 0.25) is 0 Å². The van der Waals surface area contributed by atoms with E-state index in [4.69, 9.17) is 9.47 Å². The van der Waals surface area contributed by atoms with E-state index in [-0.39, 0.29) is 6.29 Å². The maximum atomic E-state index is 5.10. The Morgan fingerprint density at radius 1 is 1.30 bits per heavy atom. The predicted octanol–water partition coefficient (Wildman–Crippen LogP) is 0.167. The highest BCUT2D eigenvalue weighted by molar-refractivity contribution is 4.79. The van der Waals surface area contributed by atoms with Crippen molar-refractivity contribution in [3.63, 3.8) is 0 Å². The fourth-order valence-corrected chi connectivity index (χ4v) is 1.40. The van der Waals surface area contributed by atoms with Crippen molar-refractivity contribution in [2.24, 2.45) is 5.92 Å². The monoisotopic (exact) mass is 145 g/mol. The molecule has 3 nitrogen and oxygen atoms in total. The molecule has 0 aromatic carbocycles. The van der Waals surface area contributed by atoms with Crippen LogP contribution in [0.4, 0.5) is 0 Å². The number of likely N-dealkylation sites (tertiary alicyclic amines) is 1. The van der Waals surface area contributed by atoms with Gasteiger partial charge >= 0.3 is 0 Å². The van der Waals surface area contributed by atoms with Crippen molar-refractivity contribution in [2.75, 3.05) is 34.4 Å². The van der Waals surface area contributed by atoms with E-state index in [1.54, 1.807) is 14.2 Å². The summed E-state index contributed by atoms with van der Waals surface area (Å²) in [7, 11) is 5.47. The Kier molecular flexibility index (Phi) is 2.65. The standard InChI is InChI=1S/C7H15NO2/c1-8-4-6(5-8)7(9-2)10-3/h6-7H,4-5H2,1-3H3. The van der Waals surface area contributed by atoms with Crippen LogP contribution in [-0.4, -0.2) is 45.5 Å². The van der Waals surface area contributed by atoms with Crippen molar-refractivity contribution in [3.8, 4) is 0 Å². The molecule has 0 atom stereocenters. The van der Waals surface area contributed by atoms with Gasteiger partial charge in [-0.15, -0.1) is 0 Å². The minimum atomic E-state index is -0.00352. The number of methoxy groups -OCH3 is 2. The molecular formula is C7H15NO2. The number of rotatable bonds is 3. The summed E-state index contributed by atoms with van der Waals surface area (Å²) in [6.07, 6.45) is -0.00352. The fourth-order valence-electron chi connectivity index (χ4n) is 1.40. The molecule has 0 aromatic heterocycles. The lowest BCUT2D eigenvalue weighted by molar-refractivity contribution is -0.165. The largest absolute Gasteiger partial charge is 0.356 e.